The van der Waals surface area contributed by atoms with Crippen molar-refractivity contribution in [3.05, 3.63) is 0 Å². The molecule has 2 heterocycles. The van der Waals surface area contributed by atoms with Crippen molar-refractivity contribution in [2.75, 3.05) is 19.7 Å². The zero-order valence-corrected chi connectivity index (χ0v) is 9.44. The quantitative estimate of drug-likeness (QED) is 0.708. The normalized spacial score (nSPS) is 28.3. The number of likely N-dealkylation sites (tertiary alicyclic amines) is 1. The van der Waals surface area contributed by atoms with Gasteiger partial charge in [0, 0.05) is 20.0 Å². The van der Waals surface area contributed by atoms with Gasteiger partial charge in [-0.05, 0) is 19.3 Å². The maximum absolute atomic E-state index is 11.2. The van der Waals surface area contributed by atoms with E-state index in [1.807, 2.05) is 0 Å². The highest BCUT2D eigenvalue weighted by Crippen LogP contribution is 2.38. The second kappa shape index (κ2) is 4.05. The van der Waals surface area contributed by atoms with Crippen molar-refractivity contribution in [3.63, 3.8) is 0 Å². The number of carboxylic acids is 1. The van der Waals surface area contributed by atoms with Crippen molar-refractivity contribution in [2.24, 2.45) is 5.92 Å². The molecule has 2 fully saturated rings. The van der Waals surface area contributed by atoms with E-state index in [0.29, 0.717) is 26.1 Å². The molecule has 0 aromatic carbocycles. The number of hydrogen-bond acceptors (Lipinski definition) is 3. The van der Waals surface area contributed by atoms with E-state index in [4.69, 9.17) is 9.84 Å². The van der Waals surface area contributed by atoms with Crippen LogP contribution in [0.4, 0.5) is 0 Å². The number of carboxylic acid groups (broad SMARTS) is 1. The number of aliphatic carboxylic acids is 1. The fourth-order valence-corrected chi connectivity index (χ4v) is 2.58. The van der Waals surface area contributed by atoms with Gasteiger partial charge in [-0.2, -0.15) is 0 Å². The zero-order valence-electron chi connectivity index (χ0n) is 9.44. The maximum Gasteiger partial charge on any atom is 0.308 e. The Morgan fingerprint density at radius 3 is 2.44 bits per heavy atom. The molecule has 2 aliphatic heterocycles. The van der Waals surface area contributed by atoms with Gasteiger partial charge in [0.05, 0.1) is 18.1 Å². The predicted molar refractivity (Wildman–Crippen MR) is 55.9 cm³/mol. The average Bonchev–Trinajstić information content (AvgIpc) is 2.63. The molecule has 2 aliphatic rings. The molecule has 0 aromatic rings. The molecule has 90 valence electrons. The molecule has 0 bridgehead atoms. The second-order valence-corrected chi connectivity index (χ2v) is 4.74. The van der Waals surface area contributed by atoms with Crippen LogP contribution in [0.3, 0.4) is 0 Å². The molecular formula is C11H17NO4. The zero-order chi connectivity index (χ0) is 11.8. The number of nitrogens with zero attached hydrogens (tertiary/aromatic N) is 1. The molecular weight excluding hydrogens is 210 g/mol. The van der Waals surface area contributed by atoms with Crippen LogP contribution in [0.15, 0.2) is 0 Å². The van der Waals surface area contributed by atoms with Crippen molar-refractivity contribution in [2.45, 2.75) is 31.8 Å². The summed E-state index contributed by atoms with van der Waals surface area (Å²) in [6.07, 6.45) is 2.11. The van der Waals surface area contributed by atoms with Crippen LogP contribution in [-0.4, -0.2) is 47.2 Å². The van der Waals surface area contributed by atoms with Crippen LogP contribution in [0.2, 0.25) is 0 Å². The van der Waals surface area contributed by atoms with Crippen molar-refractivity contribution >= 4 is 11.9 Å². The highest BCUT2D eigenvalue weighted by Gasteiger charge is 2.45. The van der Waals surface area contributed by atoms with Gasteiger partial charge in [0.2, 0.25) is 5.91 Å². The summed E-state index contributed by atoms with van der Waals surface area (Å²) in [4.78, 5) is 23.8. The average molecular weight is 227 g/mol. The molecule has 0 aromatic heterocycles. The van der Waals surface area contributed by atoms with Gasteiger partial charge in [0.25, 0.3) is 0 Å². The van der Waals surface area contributed by atoms with E-state index >= 15 is 0 Å². The Kier molecular flexibility index (Phi) is 2.88. The first-order valence-electron chi connectivity index (χ1n) is 5.65. The lowest BCUT2D eigenvalue weighted by Gasteiger charge is -2.38. The number of carbonyl (C=O) groups excluding carboxylic acids is 1. The Balaban J connectivity index is 1.93. The fourth-order valence-electron chi connectivity index (χ4n) is 2.58. The Morgan fingerprint density at radius 2 is 2.00 bits per heavy atom. The summed E-state index contributed by atoms with van der Waals surface area (Å²) in [5, 5.41) is 8.92. The Hall–Kier alpha value is -1.10. The van der Waals surface area contributed by atoms with Crippen LogP contribution in [0.1, 0.15) is 26.2 Å². The van der Waals surface area contributed by atoms with E-state index in [1.54, 1.807) is 11.8 Å². The lowest BCUT2D eigenvalue weighted by molar-refractivity contribution is -0.141. The summed E-state index contributed by atoms with van der Waals surface area (Å²) in [5.74, 6) is -1.06. The number of piperidine rings is 1. The van der Waals surface area contributed by atoms with E-state index < -0.39 is 5.97 Å². The second-order valence-electron chi connectivity index (χ2n) is 4.74. The molecule has 1 unspecified atom stereocenters. The van der Waals surface area contributed by atoms with E-state index in [0.717, 1.165) is 12.8 Å². The largest absolute Gasteiger partial charge is 0.481 e. The van der Waals surface area contributed by atoms with Crippen molar-refractivity contribution in [1.82, 2.24) is 4.90 Å². The van der Waals surface area contributed by atoms with E-state index in [-0.39, 0.29) is 17.4 Å². The molecule has 2 saturated heterocycles. The van der Waals surface area contributed by atoms with Gasteiger partial charge in [0.1, 0.15) is 0 Å². The van der Waals surface area contributed by atoms with E-state index in [2.05, 4.69) is 0 Å². The SMILES string of the molecule is CC(=O)N1CCC2(CC1)CC(C(=O)O)CO2. The van der Waals surface area contributed by atoms with Crippen LogP contribution < -0.4 is 0 Å². The smallest absolute Gasteiger partial charge is 0.308 e. The number of hydrogen-bond donors (Lipinski definition) is 1. The van der Waals surface area contributed by atoms with Crippen LogP contribution in [0, 0.1) is 5.92 Å². The molecule has 0 saturated carbocycles. The minimum atomic E-state index is -0.772. The first kappa shape index (κ1) is 11.4. The van der Waals surface area contributed by atoms with Crippen LogP contribution in [0.25, 0.3) is 0 Å². The Morgan fingerprint density at radius 1 is 1.38 bits per heavy atom. The van der Waals surface area contributed by atoms with Crippen LogP contribution >= 0.6 is 0 Å². The minimum absolute atomic E-state index is 0.0858. The highest BCUT2D eigenvalue weighted by atomic mass is 16.5. The molecule has 1 N–H and O–H groups in total. The summed E-state index contributed by atoms with van der Waals surface area (Å²) in [5.41, 5.74) is -0.283. The number of ether oxygens (including phenoxy) is 1. The van der Waals surface area contributed by atoms with Gasteiger partial charge in [-0.25, -0.2) is 0 Å². The predicted octanol–water partition coefficient (Wildman–Crippen LogP) is 0.489. The lowest BCUT2D eigenvalue weighted by Crippen LogP contribution is -2.45. The summed E-state index contributed by atoms with van der Waals surface area (Å²) in [7, 11) is 0. The third kappa shape index (κ3) is 2.04. The summed E-state index contributed by atoms with van der Waals surface area (Å²) in [6, 6.07) is 0. The Bertz CT molecular complexity index is 307. The van der Waals surface area contributed by atoms with Gasteiger partial charge in [-0.15, -0.1) is 0 Å². The lowest BCUT2D eigenvalue weighted by atomic mass is 9.85. The molecule has 5 heteroatoms. The molecule has 2 rings (SSSR count). The Labute approximate surface area is 94.4 Å². The fraction of sp³-hybridized carbons (Fsp3) is 0.818. The van der Waals surface area contributed by atoms with Crippen molar-refractivity contribution in [1.29, 1.82) is 0 Å². The van der Waals surface area contributed by atoms with Crippen molar-refractivity contribution in [3.8, 4) is 0 Å². The first-order valence-corrected chi connectivity index (χ1v) is 5.65. The van der Waals surface area contributed by atoms with Crippen LogP contribution in [-0.2, 0) is 14.3 Å². The number of rotatable bonds is 1. The first-order chi connectivity index (χ1) is 7.52. The van der Waals surface area contributed by atoms with E-state index in [1.165, 1.54) is 0 Å². The molecule has 0 radical (unpaired) electrons. The highest BCUT2D eigenvalue weighted by molar-refractivity contribution is 5.73. The topological polar surface area (TPSA) is 66.8 Å². The molecule has 0 aliphatic carbocycles. The summed E-state index contributed by atoms with van der Waals surface area (Å²) < 4.78 is 5.66. The van der Waals surface area contributed by atoms with E-state index in [9.17, 15) is 9.59 Å². The molecule has 5 nitrogen and oxygen atoms in total. The summed E-state index contributed by atoms with van der Waals surface area (Å²) in [6.45, 7) is 3.24. The number of carbonyl (C=O) groups is 2. The molecule has 16 heavy (non-hydrogen) atoms. The molecule has 1 atom stereocenters. The molecule has 1 amide bonds. The van der Waals surface area contributed by atoms with Gasteiger partial charge in [0.15, 0.2) is 0 Å². The van der Waals surface area contributed by atoms with Gasteiger partial charge >= 0.3 is 5.97 Å². The van der Waals surface area contributed by atoms with Gasteiger partial charge in [-0.1, -0.05) is 0 Å². The van der Waals surface area contributed by atoms with Gasteiger partial charge < -0.3 is 14.7 Å². The standard InChI is InChI=1S/C11H17NO4/c1-8(13)12-4-2-11(3-5-12)6-9(7-16-11)10(14)15/h9H,2-7H2,1H3,(H,14,15). The van der Waals surface area contributed by atoms with Crippen molar-refractivity contribution < 1.29 is 19.4 Å². The number of amides is 1. The van der Waals surface area contributed by atoms with Crippen LogP contribution in [0.5, 0.6) is 0 Å². The monoisotopic (exact) mass is 227 g/mol. The third-order valence-corrected chi connectivity index (χ3v) is 3.68. The summed E-state index contributed by atoms with van der Waals surface area (Å²) >= 11 is 0. The molecule has 1 spiro atoms. The van der Waals surface area contributed by atoms with Gasteiger partial charge in [-0.3, -0.25) is 9.59 Å². The third-order valence-electron chi connectivity index (χ3n) is 3.68. The minimum Gasteiger partial charge on any atom is -0.481 e. The maximum atomic E-state index is 11.2.